The topological polar surface area (TPSA) is 62.4 Å². The summed E-state index contributed by atoms with van der Waals surface area (Å²) in [5.74, 6) is 0. The van der Waals surface area contributed by atoms with Crippen molar-refractivity contribution in [3.8, 4) is 29.2 Å². The molecule has 49 heavy (non-hydrogen) atoms. The molecule has 10 aromatic rings. The van der Waals surface area contributed by atoms with Crippen LogP contribution in [0, 0.1) is 22.7 Å². The second-order valence-electron chi connectivity index (χ2n) is 12.4. The van der Waals surface area contributed by atoms with Crippen LogP contribution in [0.3, 0.4) is 0 Å². The van der Waals surface area contributed by atoms with E-state index in [1.165, 1.54) is 0 Å². The molecule has 3 aromatic heterocycles. The van der Waals surface area contributed by atoms with Gasteiger partial charge in [-0.1, -0.05) is 84.9 Å². The van der Waals surface area contributed by atoms with Crippen molar-refractivity contribution >= 4 is 65.4 Å². The van der Waals surface area contributed by atoms with Crippen molar-refractivity contribution in [2.75, 3.05) is 0 Å². The third-order valence-corrected chi connectivity index (χ3v) is 9.86. The van der Waals surface area contributed by atoms with E-state index in [0.29, 0.717) is 11.1 Å². The highest BCUT2D eigenvalue weighted by molar-refractivity contribution is 6.31. The van der Waals surface area contributed by atoms with Crippen LogP contribution in [-0.4, -0.2) is 13.7 Å². The summed E-state index contributed by atoms with van der Waals surface area (Å²) in [5, 5.41) is 27.0. The van der Waals surface area contributed by atoms with Crippen LogP contribution in [0.5, 0.6) is 0 Å². The zero-order valence-corrected chi connectivity index (χ0v) is 26.2. The van der Waals surface area contributed by atoms with E-state index in [1.807, 2.05) is 54.6 Å². The van der Waals surface area contributed by atoms with Crippen LogP contribution in [0.4, 0.5) is 0 Å². The highest BCUT2D eigenvalue weighted by Crippen LogP contribution is 2.46. The van der Waals surface area contributed by atoms with Gasteiger partial charge in [-0.25, -0.2) is 0 Å². The largest absolute Gasteiger partial charge is 0.309 e. The van der Waals surface area contributed by atoms with Gasteiger partial charge in [0.15, 0.2) is 0 Å². The molecule has 7 aromatic carbocycles. The minimum atomic E-state index is 0.594. The Morgan fingerprint density at radius 3 is 1.63 bits per heavy atom. The Labute approximate surface area is 280 Å². The van der Waals surface area contributed by atoms with Crippen LogP contribution in [0.15, 0.2) is 152 Å². The average Bonchev–Trinajstić information content (AvgIpc) is 3.81. The Kier molecular flexibility index (Phi) is 5.64. The van der Waals surface area contributed by atoms with Gasteiger partial charge in [-0.3, -0.25) is 0 Å². The second kappa shape index (κ2) is 10.2. The number of fused-ring (bicyclic) bond motifs is 11. The number of hydrogen-bond acceptors (Lipinski definition) is 2. The maximum atomic E-state index is 10.4. The summed E-state index contributed by atoms with van der Waals surface area (Å²) in [5.41, 5.74) is 10.5. The first-order valence-electron chi connectivity index (χ1n) is 16.2. The molecule has 226 valence electrons. The van der Waals surface area contributed by atoms with E-state index in [1.54, 1.807) is 0 Å². The van der Waals surface area contributed by atoms with Crippen molar-refractivity contribution in [1.82, 2.24) is 13.7 Å². The Balaban J connectivity index is 1.50. The predicted octanol–water partition coefficient (Wildman–Crippen LogP) is 10.7. The van der Waals surface area contributed by atoms with E-state index < -0.39 is 0 Å². The SMILES string of the molecule is N#Cc1cccc(-n2c3c(ccc4c3c3ccccc3n4-c3ccccc3)c3ccc4c(c5cccc(C#N)c5n4-c4ccccc4)c32)c1. The van der Waals surface area contributed by atoms with Crippen LogP contribution in [0.1, 0.15) is 11.1 Å². The molecular weight excluding hydrogens is 599 g/mol. The number of hydrogen-bond donors (Lipinski definition) is 0. The van der Waals surface area contributed by atoms with Crippen molar-refractivity contribution < 1.29 is 0 Å². The number of para-hydroxylation sites is 4. The lowest BCUT2D eigenvalue weighted by Crippen LogP contribution is -1.97. The highest BCUT2D eigenvalue weighted by atomic mass is 15.0. The Morgan fingerprint density at radius 1 is 0.367 bits per heavy atom. The first kappa shape index (κ1) is 27.1. The molecule has 0 atom stereocenters. The molecule has 0 amide bonds. The number of nitrogens with zero attached hydrogens (tertiary/aromatic N) is 5. The lowest BCUT2D eigenvalue weighted by atomic mass is 10.1. The molecule has 10 rings (SSSR count). The van der Waals surface area contributed by atoms with Crippen LogP contribution in [0.25, 0.3) is 82.5 Å². The second-order valence-corrected chi connectivity index (χ2v) is 12.4. The summed E-state index contributed by atoms with van der Waals surface area (Å²) in [6.45, 7) is 0. The van der Waals surface area contributed by atoms with Gasteiger partial charge in [0.1, 0.15) is 6.07 Å². The van der Waals surface area contributed by atoms with Gasteiger partial charge in [0, 0.05) is 49.4 Å². The third kappa shape index (κ3) is 3.67. The molecule has 0 aliphatic rings. The van der Waals surface area contributed by atoms with Crippen LogP contribution < -0.4 is 0 Å². The van der Waals surface area contributed by atoms with Crippen molar-refractivity contribution in [1.29, 1.82) is 10.5 Å². The molecular formula is C44H25N5. The molecule has 0 saturated heterocycles. The highest BCUT2D eigenvalue weighted by Gasteiger charge is 2.25. The van der Waals surface area contributed by atoms with E-state index in [4.69, 9.17) is 0 Å². The molecule has 5 nitrogen and oxygen atoms in total. The molecule has 0 N–H and O–H groups in total. The van der Waals surface area contributed by atoms with Gasteiger partial charge in [-0.05, 0) is 66.7 Å². The first-order valence-corrected chi connectivity index (χ1v) is 16.2. The molecule has 0 aliphatic carbocycles. The Morgan fingerprint density at radius 2 is 0.939 bits per heavy atom. The molecule has 0 saturated carbocycles. The average molecular weight is 624 g/mol. The molecule has 0 fully saturated rings. The van der Waals surface area contributed by atoms with Crippen LogP contribution >= 0.6 is 0 Å². The van der Waals surface area contributed by atoms with Crippen molar-refractivity contribution in [3.63, 3.8) is 0 Å². The number of nitriles is 2. The Bertz CT molecular complexity index is 3050. The van der Waals surface area contributed by atoms with Crippen molar-refractivity contribution in [3.05, 3.63) is 163 Å². The standard InChI is InChI=1S/C44H25N5/c45-26-28-11-9-17-32(25-28)49-43-33(21-23-38-40(43)35-18-7-8-20-37(35)47(38)30-13-3-1-4-14-30)34-22-24-39-41(44(34)49)36-19-10-12-29(27-46)42(36)48(39)31-15-5-2-6-16-31/h1-25H. The van der Waals surface area contributed by atoms with Crippen LogP contribution in [-0.2, 0) is 0 Å². The molecule has 0 radical (unpaired) electrons. The van der Waals surface area contributed by atoms with Crippen LogP contribution in [0.2, 0.25) is 0 Å². The van der Waals surface area contributed by atoms with E-state index >= 15 is 0 Å². The van der Waals surface area contributed by atoms with E-state index in [0.717, 1.165) is 82.5 Å². The number of aromatic nitrogens is 3. The van der Waals surface area contributed by atoms with E-state index in [2.05, 4.69) is 123 Å². The minimum Gasteiger partial charge on any atom is -0.309 e. The van der Waals surface area contributed by atoms with Gasteiger partial charge >= 0.3 is 0 Å². The zero-order chi connectivity index (χ0) is 32.6. The molecule has 0 unspecified atom stereocenters. The summed E-state index contributed by atoms with van der Waals surface area (Å²) in [6, 6.07) is 57.0. The van der Waals surface area contributed by atoms with Gasteiger partial charge < -0.3 is 13.7 Å². The van der Waals surface area contributed by atoms with Gasteiger partial charge in [0.2, 0.25) is 0 Å². The molecule has 0 aliphatic heterocycles. The summed E-state index contributed by atoms with van der Waals surface area (Å²) in [4.78, 5) is 0. The summed E-state index contributed by atoms with van der Waals surface area (Å²) >= 11 is 0. The number of rotatable bonds is 3. The smallest absolute Gasteiger partial charge is 0.101 e. The fourth-order valence-electron chi connectivity index (χ4n) is 7.96. The number of benzene rings is 7. The fourth-order valence-corrected chi connectivity index (χ4v) is 7.96. The third-order valence-electron chi connectivity index (χ3n) is 9.86. The first-order chi connectivity index (χ1) is 24.3. The van der Waals surface area contributed by atoms with Gasteiger partial charge in [-0.15, -0.1) is 0 Å². The maximum absolute atomic E-state index is 10.4. The lowest BCUT2D eigenvalue weighted by Gasteiger charge is -2.11. The predicted molar refractivity (Wildman–Crippen MR) is 199 cm³/mol. The Hall–Kier alpha value is -7.08. The monoisotopic (exact) mass is 623 g/mol. The molecule has 3 heterocycles. The normalized spacial score (nSPS) is 11.6. The van der Waals surface area contributed by atoms with Crippen molar-refractivity contribution in [2.24, 2.45) is 0 Å². The molecule has 0 spiro atoms. The molecule has 5 heteroatoms. The van der Waals surface area contributed by atoms with Gasteiger partial charge in [-0.2, -0.15) is 10.5 Å². The van der Waals surface area contributed by atoms with Gasteiger partial charge in [0.05, 0.1) is 50.3 Å². The van der Waals surface area contributed by atoms with Gasteiger partial charge in [0.25, 0.3) is 0 Å². The quantitative estimate of drug-likeness (QED) is 0.197. The summed E-state index contributed by atoms with van der Waals surface area (Å²) < 4.78 is 6.91. The summed E-state index contributed by atoms with van der Waals surface area (Å²) in [6.07, 6.45) is 0. The maximum Gasteiger partial charge on any atom is 0.101 e. The van der Waals surface area contributed by atoms with E-state index in [-0.39, 0.29) is 0 Å². The van der Waals surface area contributed by atoms with E-state index in [9.17, 15) is 10.5 Å². The lowest BCUT2D eigenvalue weighted by molar-refractivity contribution is 1.17. The van der Waals surface area contributed by atoms with Crippen molar-refractivity contribution in [2.45, 2.75) is 0 Å². The molecule has 0 bridgehead atoms. The minimum absolute atomic E-state index is 0.594. The zero-order valence-electron chi connectivity index (χ0n) is 26.2. The summed E-state index contributed by atoms with van der Waals surface area (Å²) in [7, 11) is 0. The fraction of sp³-hybridized carbons (Fsp3) is 0.